The number of hydrogen-bond donors (Lipinski definition) is 1. The highest BCUT2D eigenvalue weighted by molar-refractivity contribution is 7.00. The van der Waals surface area contributed by atoms with Crippen molar-refractivity contribution < 1.29 is 4.80 Å². The maximum absolute atomic E-state index is 13.3. The van der Waals surface area contributed by atoms with Gasteiger partial charge in [0.2, 0.25) is 0 Å². The number of allylic oxidation sites excluding steroid dienone is 2. The fourth-order valence-electron chi connectivity index (χ4n) is 10.4. The van der Waals surface area contributed by atoms with Gasteiger partial charge in [-0.2, -0.15) is 0 Å². The average Bonchev–Trinajstić information content (AvgIpc) is 2.80. The minimum atomic E-state index is -3.10. The minimum Gasteiger partial charge on any atom is -0.421 e. The van der Waals surface area contributed by atoms with Gasteiger partial charge in [0.1, 0.15) is 0 Å². The molecule has 2 aromatic rings. The summed E-state index contributed by atoms with van der Waals surface area (Å²) in [5, 5.41) is 3.26. The number of hydrogen-bond acceptors (Lipinski definition) is 1. The molecule has 0 fully saturated rings. The highest BCUT2D eigenvalue weighted by atomic mass is 28.4. The second kappa shape index (κ2) is 13.8. The lowest BCUT2D eigenvalue weighted by Crippen LogP contribution is -2.59. The lowest BCUT2D eigenvalue weighted by Gasteiger charge is -2.47. The third-order valence-electron chi connectivity index (χ3n) is 10.3. The first kappa shape index (κ1) is 40.8. The van der Waals surface area contributed by atoms with Crippen molar-refractivity contribution in [1.29, 1.82) is 0 Å². The van der Waals surface area contributed by atoms with Crippen LogP contribution in [0, 0.1) is 5.92 Å². The molecular formula is C39H72OSi7. The van der Waals surface area contributed by atoms with E-state index in [4.69, 9.17) is 0 Å². The molecule has 0 atom stereocenters. The van der Waals surface area contributed by atoms with Crippen LogP contribution in [0.5, 0.6) is 0 Å². The van der Waals surface area contributed by atoms with E-state index in [0.717, 1.165) is 6.42 Å². The molecule has 0 aromatic heterocycles. The van der Waals surface area contributed by atoms with E-state index < -0.39 is 56.8 Å². The van der Waals surface area contributed by atoms with Gasteiger partial charge in [0.05, 0.1) is 0 Å². The Morgan fingerprint density at radius 1 is 0.532 bits per heavy atom. The van der Waals surface area contributed by atoms with Crippen LogP contribution in [0.2, 0.25) is 118 Å². The zero-order valence-electron chi connectivity index (χ0n) is 33.8. The summed E-state index contributed by atoms with van der Waals surface area (Å²) in [4.78, 5) is 13.3. The number of benzene rings is 2. The summed E-state index contributed by atoms with van der Waals surface area (Å²) in [6.45, 7) is 47.1. The Labute approximate surface area is 299 Å². The van der Waals surface area contributed by atoms with Crippen molar-refractivity contribution in [1.82, 2.24) is 0 Å². The van der Waals surface area contributed by atoms with Crippen LogP contribution >= 0.6 is 0 Å². The van der Waals surface area contributed by atoms with Crippen LogP contribution in [0.3, 0.4) is 0 Å². The first-order chi connectivity index (χ1) is 21.0. The summed E-state index contributed by atoms with van der Waals surface area (Å²) >= 11 is 0. The van der Waals surface area contributed by atoms with Crippen molar-refractivity contribution in [2.24, 2.45) is 5.92 Å². The molecule has 2 aromatic carbocycles. The predicted molar refractivity (Wildman–Crippen MR) is 234 cm³/mol. The molecule has 8 heteroatoms. The molecule has 262 valence electrons. The first-order valence-electron chi connectivity index (χ1n) is 18.3. The Morgan fingerprint density at radius 3 is 1.19 bits per heavy atom. The van der Waals surface area contributed by atoms with Gasteiger partial charge in [-0.25, -0.2) is 0 Å². The molecule has 1 nitrogen and oxygen atoms in total. The summed E-state index contributed by atoms with van der Waals surface area (Å²) in [6.07, 6.45) is 5.75. The topological polar surface area (TPSA) is 20.2 Å². The molecule has 0 unspecified atom stereocenters. The van der Waals surface area contributed by atoms with E-state index in [9.17, 15) is 4.80 Å². The van der Waals surface area contributed by atoms with E-state index >= 15 is 0 Å². The van der Waals surface area contributed by atoms with Crippen molar-refractivity contribution in [2.75, 3.05) is 0 Å². The molecule has 1 N–H and O–H groups in total. The Morgan fingerprint density at radius 2 is 0.872 bits per heavy atom. The highest BCUT2D eigenvalue weighted by Crippen LogP contribution is 2.45. The zero-order valence-corrected chi connectivity index (χ0v) is 40.8. The lowest BCUT2D eigenvalue weighted by molar-refractivity contribution is 0.576. The number of rotatable bonds is 12. The quantitative estimate of drug-likeness (QED) is 0.214. The highest BCUT2D eigenvalue weighted by Gasteiger charge is 2.49. The molecule has 1 aliphatic rings. The Kier molecular flexibility index (Phi) is 12.0. The van der Waals surface area contributed by atoms with Gasteiger partial charge in [0.25, 0.3) is 8.32 Å². The zero-order chi connectivity index (χ0) is 36.2. The molecule has 1 heterocycles. The molecule has 1 aliphatic heterocycles. The van der Waals surface area contributed by atoms with Gasteiger partial charge in [0.15, 0.2) is 0 Å². The van der Waals surface area contributed by atoms with Gasteiger partial charge in [-0.1, -0.05) is 184 Å². The molecule has 0 radical (unpaired) electrons. The van der Waals surface area contributed by atoms with E-state index in [1.807, 2.05) is 0 Å². The maximum atomic E-state index is 13.3. The molecule has 0 saturated carbocycles. The molecule has 47 heavy (non-hydrogen) atoms. The molecule has 0 spiro atoms. The average molecular weight is 754 g/mol. The first-order valence-corrected chi connectivity index (χ1v) is 41.9. The van der Waals surface area contributed by atoms with E-state index in [2.05, 4.69) is 184 Å². The van der Waals surface area contributed by atoms with Crippen molar-refractivity contribution in [3.63, 3.8) is 0 Å². The van der Waals surface area contributed by atoms with Crippen LogP contribution in [-0.2, 0) is 6.42 Å². The SMILES string of the molecule is C[Si](C)(C)C(c1cc(C([Si](C)(C)C)[Si](C)(C)C)c([Si]2(O)C=CC(Cc3ccccc3)C=C2)c(C([Si](C)(C)C)[Si](C)(C)C)c1)[Si](C)(C)C. The van der Waals surface area contributed by atoms with E-state index in [1.165, 1.54) is 10.8 Å². The smallest absolute Gasteiger partial charge is 0.270 e. The summed E-state index contributed by atoms with van der Waals surface area (Å²) in [5.41, 5.74) is 10.9. The van der Waals surface area contributed by atoms with E-state index in [1.54, 1.807) is 16.7 Å². The monoisotopic (exact) mass is 752 g/mol. The Balaban J connectivity index is 2.55. The van der Waals surface area contributed by atoms with E-state index in [-0.39, 0.29) is 0 Å². The summed E-state index contributed by atoms with van der Waals surface area (Å²) < 4.78 is 0. The van der Waals surface area contributed by atoms with Gasteiger partial charge >= 0.3 is 0 Å². The third-order valence-corrected chi connectivity index (χ3v) is 41.0. The van der Waals surface area contributed by atoms with Gasteiger partial charge in [-0.15, -0.1) is 0 Å². The minimum absolute atomic E-state index is 0.328. The Hall–Kier alpha value is -0.602. The fraction of sp³-hybridized carbons (Fsp3) is 0.590. The van der Waals surface area contributed by atoms with Crippen LogP contribution in [0.1, 0.15) is 37.7 Å². The van der Waals surface area contributed by atoms with Gasteiger partial charge in [-0.3, -0.25) is 0 Å². The molecule has 0 amide bonds. The molecule has 0 bridgehead atoms. The van der Waals surface area contributed by atoms with E-state index in [0.29, 0.717) is 21.4 Å². The van der Waals surface area contributed by atoms with Crippen molar-refractivity contribution in [3.05, 3.63) is 88.3 Å². The van der Waals surface area contributed by atoms with Crippen molar-refractivity contribution in [2.45, 2.75) is 140 Å². The van der Waals surface area contributed by atoms with Gasteiger partial charge in [-0.05, 0) is 55.3 Å². The van der Waals surface area contributed by atoms with Gasteiger partial charge < -0.3 is 4.80 Å². The normalized spacial score (nSPS) is 20.2. The second-order valence-corrected chi connectivity index (χ2v) is 57.9. The summed E-state index contributed by atoms with van der Waals surface area (Å²) in [7, 11) is -12.9. The third kappa shape index (κ3) is 9.80. The Bertz CT molecular complexity index is 1330. The second-order valence-electron chi connectivity index (χ2n) is 21.5. The molecule has 3 rings (SSSR count). The molecular weight excluding hydrogens is 681 g/mol. The summed E-state index contributed by atoms with van der Waals surface area (Å²) in [5.74, 6) is 0.328. The standard InChI is InChI=1S/C39H72OSi7/c1-41(2,3)37(42(4,5)6)33-29-34(38(43(7,8)9)44(10,11)12)36(35(30-33)39(45(13,14)15)46(16,17)18)47(40)26-24-32(25-27-47)28-31-22-20-19-21-23-31/h19-27,29-30,32,37-40H,28H2,1-18H3. The lowest BCUT2D eigenvalue weighted by atomic mass is 10.00. The van der Waals surface area contributed by atoms with Crippen LogP contribution in [0.4, 0.5) is 0 Å². The predicted octanol–water partition coefficient (Wildman–Crippen LogP) is 11.4. The fourth-order valence-corrected chi connectivity index (χ4v) is 52.0. The van der Waals surface area contributed by atoms with Crippen LogP contribution < -0.4 is 5.19 Å². The largest absolute Gasteiger partial charge is 0.421 e. The van der Waals surface area contributed by atoms with Gasteiger partial charge in [0, 0.05) is 48.4 Å². The maximum Gasteiger partial charge on any atom is 0.270 e. The van der Waals surface area contributed by atoms with Crippen LogP contribution in [0.25, 0.3) is 0 Å². The molecule has 0 saturated heterocycles. The van der Waals surface area contributed by atoms with Crippen LogP contribution in [0.15, 0.2) is 66.0 Å². The summed E-state index contributed by atoms with van der Waals surface area (Å²) in [6, 6.07) is 16.4. The molecule has 0 aliphatic carbocycles. The van der Waals surface area contributed by atoms with Crippen LogP contribution in [-0.4, -0.2) is 61.6 Å². The van der Waals surface area contributed by atoms with Crippen molar-refractivity contribution in [3.8, 4) is 0 Å². The van der Waals surface area contributed by atoms with Crippen molar-refractivity contribution >= 4 is 61.9 Å².